The van der Waals surface area contributed by atoms with Crippen LogP contribution in [0.4, 0.5) is 5.69 Å². The van der Waals surface area contributed by atoms with E-state index in [1.54, 1.807) is 9.80 Å². The van der Waals surface area contributed by atoms with Crippen molar-refractivity contribution in [2.45, 2.75) is 86.1 Å². The van der Waals surface area contributed by atoms with Crippen LogP contribution in [0.1, 0.15) is 93.3 Å². The van der Waals surface area contributed by atoms with Gasteiger partial charge in [-0.15, -0.1) is 11.3 Å². The van der Waals surface area contributed by atoms with Crippen molar-refractivity contribution in [2.24, 2.45) is 17.3 Å². The highest BCUT2D eigenvalue weighted by molar-refractivity contribution is 7.15. The van der Waals surface area contributed by atoms with Crippen LogP contribution < -0.4 is 4.90 Å². The number of hydrogen-bond acceptors (Lipinski definition) is 4. The molecule has 0 spiro atoms. The second kappa shape index (κ2) is 10.5. The van der Waals surface area contributed by atoms with Gasteiger partial charge < -0.3 is 10.0 Å². The third-order valence-corrected chi connectivity index (χ3v) is 8.08. The number of likely N-dealkylation sites (N-methyl/N-ethyl adjacent to an activating group) is 1. The van der Waals surface area contributed by atoms with Gasteiger partial charge in [-0.3, -0.25) is 14.5 Å². The zero-order valence-corrected chi connectivity index (χ0v) is 22.2. The fraction of sp³-hybridized carbons (Fsp3) is 0.667. The lowest BCUT2D eigenvalue weighted by atomic mass is 9.81. The Kier molecular flexibility index (Phi) is 8.13. The van der Waals surface area contributed by atoms with Crippen molar-refractivity contribution >= 4 is 34.8 Å². The summed E-state index contributed by atoms with van der Waals surface area (Å²) in [4.78, 5) is 43.9. The molecule has 1 aliphatic carbocycles. The van der Waals surface area contributed by atoms with Crippen LogP contribution in [0, 0.1) is 36.0 Å². The Hall–Kier alpha value is -2.33. The smallest absolute Gasteiger partial charge is 0.348 e. The Morgan fingerprint density at radius 2 is 1.82 bits per heavy atom. The van der Waals surface area contributed by atoms with Gasteiger partial charge in [0, 0.05) is 30.0 Å². The third kappa shape index (κ3) is 5.66. The molecule has 1 N–H and O–H groups in total. The summed E-state index contributed by atoms with van der Waals surface area (Å²) in [6, 6.07) is -0.671. The molecular weight excluding hydrogens is 448 g/mol. The van der Waals surface area contributed by atoms with E-state index in [1.165, 1.54) is 0 Å². The van der Waals surface area contributed by atoms with Crippen LogP contribution in [0.5, 0.6) is 0 Å². The molecule has 7 heteroatoms. The van der Waals surface area contributed by atoms with Gasteiger partial charge in [0.2, 0.25) is 11.8 Å². The van der Waals surface area contributed by atoms with Gasteiger partial charge in [-0.05, 0) is 79.1 Å². The fourth-order valence-electron chi connectivity index (χ4n) is 4.90. The molecule has 0 aromatic carbocycles. The van der Waals surface area contributed by atoms with Crippen LogP contribution in [0.3, 0.4) is 0 Å². The number of likely N-dealkylation sites (tertiary alicyclic amines) is 1. The SMILES string of the molecule is CCN1CCCC(N(C(=O)C2CCC(C)CC2)c2c(C(=O)O)sc(C#CC(C)(C)C)c2C)C1=O. The predicted molar refractivity (Wildman–Crippen MR) is 136 cm³/mol. The number of nitrogens with zero attached hydrogens (tertiary/aromatic N) is 2. The van der Waals surface area contributed by atoms with E-state index in [1.807, 2.05) is 34.6 Å². The van der Waals surface area contributed by atoms with Crippen molar-refractivity contribution < 1.29 is 19.5 Å². The number of amides is 2. The molecule has 1 aromatic heterocycles. The molecule has 1 aromatic rings. The molecule has 0 bridgehead atoms. The Morgan fingerprint density at radius 3 is 2.38 bits per heavy atom. The van der Waals surface area contributed by atoms with Crippen LogP contribution in [0.2, 0.25) is 0 Å². The zero-order valence-electron chi connectivity index (χ0n) is 21.4. The number of rotatable bonds is 5. The maximum atomic E-state index is 14.0. The number of anilines is 1. The molecule has 2 aliphatic rings. The van der Waals surface area contributed by atoms with E-state index in [0.717, 1.165) is 43.4 Å². The highest BCUT2D eigenvalue weighted by Crippen LogP contribution is 2.40. The molecule has 6 nitrogen and oxygen atoms in total. The largest absolute Gasteiger partial charge is 0.477 e. The number of carbonyl (C=O) groups is 3. The normalized spacial score (nSPS) is 23.3. The van der Waals surface area contributed by atoms with Crippen molar-refractivity contribution in [1.82, 2.24) is 4.90 Å². The van der Waals surface area contributed by atoms with Crippen molar-refractivity contribution in [3.05, 3.63) is 15.3 Å². The number of piperidine rings is 1. The average molecular weight is 487 g/mol. The first-order valence-electron chi connectivity index (χ1n) is 12.5. The molecule has 1 aliphatic heterocycles. The third-order valence-electron chi connectivity index (χ3n) is 6.90. The minimum atomic E-state index is -1.09. The zero-order chi connectivity index (χ0) is 25.2. The van der Waals surface area contributed by atoms with Gasteiger partial charge in [0.25, 0.3) is 0 Å². The minimum absolute atomic E-state index is 0.0875. The van der Waals surface area contributed by atoms with Gasteiger partial charge in [-0.1, -0.05) is 18.8 Å². The van der Waals surface area contributed by atoms with Gasteiger partial charge in [-0.25, -0.2) is 4.79 Å². The van der Waals surface area contributed by atoms with Gasteiger partial charge in [0.1, 0.15) is 10.9 Å². The quantitative estimate of drug-likeness (QED) is 0.571. The standard InChI is InChI=1S/C27H38N2O4S/c1-7-28-16-8-9-20(25(28)31)29(24(30)19-12-10-17(2)11-13-19)22-18(3)21(14-15-27(4,5)6)34-23(22)26(32)33/h17,19-20H,7-13,16H2,1-6H3,(H,32,33). The van der Waals surface area contributed by atoms with Crippen LogP contribution in [0.25, 0.3) is 0 Å². The van der Waals surface area contributed by atoms with Crippen LogP contribution >= 0.6 is 11.3 Å². The van der Waals surface area contributed by atoms with Crippen LogP contribution in [-0.4, -0.2) is 46.9 Å². The van der Waals surface area contributed by atoms with Crippen molar-refractivity contribution in [1.29, 1.82) is 0 Å². The first kappa shape index (κ1) is 26.3. The van der Waals surface area contributed by atoms with Crippen molar-refractivity contribution in [2.75, 3.05) is 18.0 Å². The predicted octanol–water partition coefficient (Wildman–Crippen LogP) is 5.32. The van der Waals surface area contributed by atoms with Crippen LogP contribution in [-0.2, 0) is 9.59 Å². The molecule has 1 saturated heterocycles. The van der Waals surface area contributed by atoms with Crippen LogP contribution in [0.15, 0.2) is 0 Å². The molecule has 2 amide bonds. The van der Waals surface area contributed by atoms with Crippen molar-refractivity contribution in [3.8, 4) is 11.8 Å². The second-order valence-corrected chi connectivity index (χ2v) is 11.8. The summed E-state index contributed by atoms with van der Waals surface area (Å²) in [6.07, 6.45) is 4.83. The maximum Gasteiger partial charge on any atom is 0.348 e. The summed E-state index contributed by atoms with van der Waals surface area (Å²) < 4.78 is 0. The van der Waals surface area contributed by atoms with Gasteiger partial charge in [-0.2, -0.15) is 0 Å². The van der Waals surface area contributed by atoms with E-state index >= 15 is 0 Å². The highest BCUT2D eigenvalue weighted by atomic mass is 32.1. The van der Waals surface area contributed by atoms with E-state index < -0.39 is 12.0 Å². The fourth-order valence-corrected chi connectivity index (χ4v) is 5.89. The van der Waals surface area contributed by atoms with E-state index in [2.05, 4.69) is 18.8 Å². The molecule has 1 atom stereocenters. The highest BCUT2D eigenvalue weighted by Gasteiger charge is 2.42. The van der Waals surface area contributed by atoms with Crippen molar-refractivity contribution in [3.63, 3.8) is 0 Å². The lowest BCUT2D eigenvalue weighted by Crippen LogP contribution is -2.56. The Bertz CT molecular complexity index is 1000. The Balaban J connectivity index is 2.14. The lowest BCUT2D eigenvalue weighted by molar-refractivity contribution is -0.137. The average Bonchev–Trinajstić information content (AvgIpc) is 3.10. The van der Waals surface area contributed by atoms with E-state index in [9.17, 15) is 19.5 Å². The number of aromatic carboxylic acids is 1. The molecule has 2 fully saturated rings. The molecule has 1 saturated carbocycles. The molecule has 2 heterocycles. The molecule has 1 unspecified atom stereocenters. The number of thiophene rings is 1. The molecular formula is C27H38N2O4S. The van der Waals surface area contributed by atoms with Gasteiger partial charge in [0.15, 0.2) is 0 Å². The summed E-state index contributed by atoms with van der Waals surface area (Å²) in [5.74, 6) is 5.46. The summed E-state index contributed by atoms with van der Waals surface area (Å²) in [6.45, 7) is 13.2. The first-order chi connectivity index (χ1) is 15.9. The second-order valence-electron chi connectivity index (χ2n) is 10.8. The summed E-state index contributed by atoms with van der Waals surface area (Å²) in [5.41, 5.74) is 0.809. The summed E-state index contributed by atoms with van der Waals surface area (Å²) in [7, 11) is 0. The molecule has 34 heavy (non-hydrogen) atoms. The number of carbonyl (C=O) groups excluding carboxylic acids is 2. The Morgan fingerprint density at radius 1 is 1.18 bits per heavy atom. The number of carboxylic acids is 1. The van der Waals surface area contributed by atoms with Gasteiger partial charge >= 0.3 is 5.97 Å². The summed E-state index contributed by atoms with van der Waals surface area (Å²) >= 11 is 1.11. The summed E-state index contributed by atoms with van der Waals surface area (Å²) in [5, 5.41) is 10.1. The van der Waals surface area contributed by atoms with Gasteiger partial charge in [0.05, 0.1) is 10.6 Å². The lowest BCUT2D eigenvalue weighted by Gasteiger charge is -2.40. The number of hydrogen-bond donors (Lipinski definition) is 1. The minimum Gasteiger partial charge on any atom is -0.477 e. The van der Waals surface area contributed by atoms with E-state index in [0.29, 0.717) is 41.6 Å². The molecule has 0 radical (unpaired) electrons. The maximum absolute atomic E-state index is 14.0. The van der Waals surface area contributed by atoms with E-state index in [4.69, 9.17) is 0 Å². The first-order valence-corrected chi connectivity index (χ1v) is 13.3. The molecule has 186 valence electrons. The number of carboxylic acid groups (broad SMARTS) is 1. The monoisotopic (exact) mass is 486 g/mol. The van der Waals surface area contributed by atoms with E-state index in [-0.39, 0.29) is 28.0 Å². The topological polar surface area (TPSA) is 77.9 Å². The Labute approximate surface area is 207 Å². The molecule has 3 rings (SSSR count).